The zero-order valence-electron chi connectivity index (χ0n) is 19.4. The molecule has 0 unspecified atom stereocenters. The van der Waals surface area contributed by atoms with Crippen LogP contribution in [-0.4, -0.2) is 32.7 Å². The van der Waals surface area contributed by atoms with E-state index in [4.69, 9.17) is 12.2 Å². The van der Waals surface area contributed by atoms with Crippen LogP contribution < -0.4 is 10.6 Å². The van der Waals surface area contributed by atoms with E-state index in [-0.39, 0.29) is 12.1 Å². The zero-order chi connectivity index (χ0) is 22.7. The molecule has 2 N–H and O–H groups in total. The smallest absolute Gasteiger partial charge is 0.170 e. The number of para-hydroxylation sites is 1. The van der Waals surface area contributed by atoms with Gasteiger partial charge in [0.2, 0.25) is 0 Å². The molecular formula is C26H33N5S. The summed E-state index contributed by atoms with van der Waals surface area (Å²) in [5.74, 6) is 0. The highest BCUT2D eigenvalue weighted by atomic mass is 32.1. The molecule has 1 saturated heterocycles. The fraction of sp³-hybridized carbons (Fsp3) is 0.385. The van der Waals surface area contributed by atoms with Crippen molar-refractivity contribution >= 4 is 23.0 Å². The predicted molar refractivity (Wildman–Crippen MR) is 136 cm³/mol. The maximum atomic E-state index is 5.83. The van der Waals surface area contributed by atoms with Gasteiger partial charge in [0.05, 0.1) is 17.8 Å². The highest BCUT2D eigenvalue weighted by molar-refractivity contribution is 7.80. The third-order valence-electron chi connectivity index (χ3n) is 6.24. The number of hydrogen-bond donors (Lipinski definition) is 2. The molecule has 168 valence electrons. The number of aromatic nitrogens is 2. The monoisotopic (exact) mass is 447 g/mol. The predicted octanol–water partition coefficient (Wildman–Crippen LogP) is 5.56. The number of benzene rings is 1. The molecule has 1 aliphatic heterocycles. The lowest BCUT2D eigenvalue weighted by molar-refractivity contribution is 0.314. The molecule has 0 spiro atoms. The van der Waals surface area contributed by atoms with E-state index in [1.54, 1.807) is 0 Å². The molecule has 1 aliphatic rings. The maximum Gasteiger partial charge on any atom is 0.170 e. The van der Waals surface area contributed by atoms with Crippen LogP contribution in [0, 0.1) is 13.8 Å². The van der Waals surface area contributed by atoms with Crippen LogP contribution in [0.4, 0.5) is 5.69 Å². The third kappa shape index (κ3) is 4.51. The summed E-state index contributed by atoms with van der Waals surface area (Å²) in [4.78, 5) is 7.02. The van der Waals surface area contributed by atoms with Crippen molar-refractivity contribution in [3.05, 3.63) is 83.4 Å². The summed E-state index contributed by atoms with van der Waals surface area (Å²) in [7, 11) is 0. The van der Waals surface area contributed by atoms with Crippen molar-refractivity contribution in [1.82, 2.24) is 19.8 Å². The van der Waals surface area contributed by atoms with Crippen molar-refractivity contribution in [2.75, 3.05) is 18.4 Å². The highest BCUT2D eigenvalue weighted by Gasteiger charge is 2.41. The molecule has 0 aliphatic carbocycles. The molecule has 1 aromatic carbocycles. The molecule has 0 bridgehead atoms. The quantitative estimate of drug-likeness (QED) is 0.350. The molecule has 2 aromatic heterocycles. The van der Waals surface area contributed by atoms with Gasteiger partial charge in [-0.3, -0.25) is 4.98 Å². The largest absolute Gasteiger partial charge is 0.385 e. The van der Waals surface area contributed by atoms with Gasteiger partial charge in [-0.05, 0) is 82.2 Å². The Balaban J connectivity index is 1.59. The molecule has 5 nitrogen and oxygen atoms in total. The first-order valence-corrected chi connectivity index (χ1v) is 11.8. The van der Waals surface area contributed by atoms with Crippen LogP contribution in [0.25, 0.3) is 0 Å². The van der Waals surface area contributed by atoms with Crippen molar-refractivity contribution in [3.8, 4) is 0 Å². The van der Waals surface area contributed by atoms with E-state index in [0.717, 1.165) is 36.0 Å². The van der Waals surface area contributed by atoms with Crippen molar-refractivity contribution in [2.24, 2.45) is 0 Å². The first-order valence-electron chi connectivity index (χ1n) is 11.4. The van der Waals surface area contributed by atoms with Crippen molar-refractivity contribution in [3.63, 3.8) is 0 Å². The Kier molecular flexibility index (Phi) is 6.80. The Labute approximate surface area is 196 Å². The van der Waals surface area contributed by atoms with Crippen LogP contribution >= 0.6 is 12.2 Å². The van der Waals surface area contributed by atoms with E-state index in [1.165, 1.54) is 17.0 Å². The molecule has 4 rings (SSSR count). The topological polar surface area (TPSA) is 45.1 Å². The molecule has 0 saturated carbocycles. The highest BCUT2D eigenvalue weighted by Crippen LogP contribution is 2.41. The standard InChI is InChI=1S/C26H33N5S/c1-18(2)31-19(3)17-22(20(31)4)25-24(23-13-8-9-14-28-23)29-26(32)30(25)16-10-15-27-21-11-6-5-7-12-21/h5-9,11-14,17-18,24-25,27H,10,15-16H2,1-4H3,(H,29,32)/t24-,25-/m0/s1. The van der Waals surface area contributed by atoms with Gasteiger partial charge in [0.25, 0.3) is 0 Å². The number of aryl methyl sites for hydroxylation is 1. The lowest BCUT2D eigenvalue weighted by Gasteiger charge is -2.28. The summed E-state index contributed by atoms with van der Waals surface area (Å²) in [6, 6.07) is 19.4. The number of nitrogens with one attached hydrogen (secondary N) is 2. The Morgan fingerprint density at radius 2 is 1.84 bits per heavy atom. The average Bonchev–Trinajstić information content (AvgIpc) is 3.27. The van der Waals surface area contributed by atoms with E-state index in [0.29, 0.717) is 6.04 Å². The Hall–Kier alpha value is -2.86. The van der Waals surface area contributed by atoms with Crippen molar-refractivity contribution in [1.29, 1.82) is 0 Å². The molecule has 3 heterocycles. The minimum absolute atomic E-state index is 0.0342. The van der Waals surface area contributed by atoms with Gasteiger partial charge in [-0.2, -0.15) is 0 Å². The minimum Gasteiger partial charge on any atom is -0.385 e. The van der Waals surface area contributed by atoms with E-state index in [2.05, 4.69) is 89.2 Å². The summed E-state index contributed by atoms with van der Waals surface area (Å²) in [6.45, 7) is 10.7. The number of rotatable bonds is 8. The van der Waals surface area contributed by atoms with Gasteiger partial charge in [-0.1, -0.05) is 24.3 Å². The lowest BCUT2D eigenvalue weighted by Crippen LogP contribution is -2.31. The average molecular weight is 448 g/mol. The summed E-state index contributed by atoms with van der Waals surface area (Å²) in [5, 5.41) is 7.90. The third-order valence-corrected chi connectivity index (χ3v) is 6.59. The molecule has 3 aromatic rings. The Morgan fingerprint density at radius 3 is 2.50 bits per heavy atom. The van der Waals surface area contributed by atoms with Gasteiger partial charge in [-0.25, -0.2) is 0 Å². The SMILES string of the molecule is Cc1cc([C@H]2[C@H](c3ccccn3)NC(=S)N2CCCNc2ccccc2)c(C)n1C(C)C. The molecule has 0 radical (unpaired) electrons. The Bertz CT molecular complexity index is 1040. The second-order valence-corrected chi connectivity index (χ2v) is 9.14. The minimum atomic E-state index is 0.0342. The number of pyridine rings is 1. The number of thiocarbonyl (C=S) groups is 1. The first kappa shape index (κ1) is 22.3. The van der Waals surface area contributed by atoms with Gasteiger partial charge in [-0.15, -0.1) is 0 Å². The van der Waals surface area contributed by atoms with E-state index in [1.807, 2.05) is 24.4 Å². The summed E-state index contributed by atoms with van der Waals surface area (Å²) < 4.78 is 2.42. The summed E-state index contributed by atoms with van der Waals surface area (Å²) >= 11 is 5.83. The van der Waals surface area contributed by atoms with Gasteiger partial charge in [0.15, 0.2) is 5.11 Å². The van der Waals surface area contributed by atoms with Crippen LogP contribution in [0.15, 0.2) is 60.8 Å². The maximum absolute atomic E-state index is 5.83. The number of anilines is 1. The van der Waals surface area contributed by atoms with E-state index >= 15 is 0 Å². The second kappa shape index (κ2) is 9.74. The molecular weight excluding hydrogens is 414 g/mol. The van der Waals surface area contributed by atoms with Crippen LogP contribution in [0.2, 0.25) is 0 Å². The number of hydrogen-bond acceptors (Lipinski definition) is 3. The zero-order valence-corrected chi connectivity index (χ0v) is 20.2. The summed E-state index contributed by atoms with van der Waals surface area (Å²) in [6.07, 6.45) is 2.85. The van der Waals surface area contributed by atoms with Crippen LogP contribution in [0.3, 0.4) is 0 Å². The molecule has 1 fully saturated rings. The van der Waals surface area contributed by atoms with Gasteiger partial charge >= 0.3 is 0 Å². The normalized spacial score (nSPS) is 18.3. The van der Waals surface area contributed by atoms with Crippen LogP contribution in [0.1, 0.15) is 61.0 Å². The Morgan fingerprint density at radius 1 is 1.09 bits per heavy atom. The van der Waals surface area contributed by atoms with Crippen LogP contribution in [0.5, 0.6) is 0 Å². The molecule has 6 heteroatoms. The van der Waals surface area contributed by atoms with Crippen LogP contribution in [-0.2, 0) is 0 Å². The van der Waals surface area contributed by atoms with Crippen molar-refractivity contribution in [2.45, 2.75) is 52.2 Å². The van der Waals surface area contributed by atoms with E-state index in [9.17, 15) is 0 Å². The van der Waals surface area contributed by atoms with Crippen molar-refractivity contribution < 1.29 is 0 Å². The summed E-state index contributed by atoms with van der Waals surface area (Å²) in [5.41, 5.74) is 6.10. The molecule has 32 heavy (non-hydrogen) atoms. The van der Waals surface area contributed by atoms with E-state index < -0.39 is 0 Å². The van der Waals surface area contributed by atoms with Gasteiger partial charge in [0.1, 0.15) is 0 Å². The lowest BCUT2D eigenvalue weighted by atomic mass is 9.96. The van der Waals surface area contributed by atoms with Gasteiger partial charge < -0.3 is 20.1 Å². The number of nitrogens with zero attached hydrogens (tertiary/aromatic N) is 3. The fourth-order valence-corrected chi connectivity index (χ4v) is 5.25. The molecule has 0 amide bonds. The second-order valence-electron chi connectivity index (χ2n) is 8.76. The van der Waals surface area contributed by atoms with Gasteiger partial charge in [0, 0.05) is 42.4 Å². The fourth-order valence-electron chi connectivity index (χ4n) is 4.92. The molecule has 2 atom stereocenters. The first-order chi connectivity index (χ1) is 15.5.